The quantitative estimate of drug-likeness (QED) is 0.558. The predicted molar refractivity (Wildman–Crippen MR) is 132 cm³/mol. The van der Waals surface area contributed by atoms with Crippen LogP contribution in [0.25, 0.3) is 11.0 Å². The zero-order chi connectivity index (χ0) is 22.6. The Bertz CT molecular complexity index is 981. The number of esters is 1. The molecule has 5 rings (SSSR count). The third-order valence-electron chi connectivity index (χ3n) is 7.58. The van der Waals surface area contributed by atoms with Crippen LogP contribution in [0, 0.1) is 17.8 Å². The van der Waals surface area contributed by atoms with Crippen LogP contribution in [-0.2, 0) is 14.3 Å². The van der Waals surface area contributed by atoms with Crippen LogP contribution < -0.4 is 10.6 Å². The highest BCUT2D eigenvalue weighted by atomic mass is 35.5. The van der Waals surface area contributed by atoms with Crippen molar-refractivity contribution in [1.29, 1.82) is 0 Å². The Kier molecular flexibility index (Phi) is 8.51. The molecule has 1 aromatic heterocycles. The molecule has 1 saturated carbocycles. The predicted octanol–water partition coefficient (Wildman–Crippen LogP) is 4.93. The molecular formula is C26H35ClN2O5. The van der Waals surface area contributed by atoms with Gasteiger partial charge < -0.3 is 24.5 Å². The van der Waals surface area contributed by atoms with Gasteiger partial charge in [0.1, 0.15) is 5.58 Å². The average molecular weight is 491 g/mol. The molecule has 3 aliphatic rings. The van der Waals surface area contributed by atoms with E-state index in [0.29, 0.717) is 35.6 Å². The number of hydrogen-bond acceptors (Lipinski definition) is 6. The molecule has 3 fully saturated rings. The van der Waals surface area contributed by atoms with Crippen LogP contribution >= 0.6 is 12.4 Å². The highest BCUT2D eigenvalue weighted by molar-refractivity contribution is 5.98. The molecule has 0 bridgehead atoms. The molecule has 186 valence electrons. The van der Waals surface area contributed by atoms with Crippen LogP contribution in [-0.4, -0.2) is 44.3 Å². The first-order valence-corrected chi connectivity index (χ1v) is 12.5. The molecule has 34 heavy (non-hydrogen) atoms. The number of amides is 1. The number of fused-ring (bicyclic) bond motifs is 1. The summed E-state index contributed by atoms with van der Waals surface area (Å²) in [5.41, 5.74) is 1.32. The van der Waals surface area contributed by atoms with Crippen molar-refractivity contribution in [2.24, 2.45) is 17.8 Å². The van der Waals surface area contributed by atoms with Crippen molar-refractivity contribution in [3.05, 3.63) is 30.0 Å². The minimum Gasteiger partial charge on any atom is -0.460 e. The Labute approximate surface area is 206 Å². The number of rotatable bonds is 6. The maximum absolute atomic E-state index is 13.1. The molecule has 2 aliphatic heterocycles. The van der Waals surface area contributed by atoms with Gasteiger partial charge in [0.2, 0.25) is 11.7 Å². The van der Waals surface area contributed by atoms with Crippen LogP contribution in [0.15, 0.2) is 28.7 Å². The largest absolute Gasteiger partial charge is 0.460 e. The Balaban J connectivity index is 0.00000274. The molecule has 2 atom stereocenters. The number of nitrogens with one attached hydrogen (secondary N) is 2. The second-order valence-corrected chi connectivity index (χ2v) is 9.79. The van der Waals surface area contributed by atoms with Gasteiger partial charge in [-0.15, -0.1) is 12.4 Å². The molecule has 1 aliphatic carbocycles. The van der Waals surface area contributed by atoms with Gasteiger partial charge in [0.25, 0.3) is 0 Å². The smallest absolute Gasteiger partial charge is 0.374 e. The molecule has 3 heterocycles. The normalized spacial score (nSPS) is 24.0. The summed E-state index contributed by atoms with van der Waals surface area (Å²) in [6.45, 7) is 2.73. The van der Waals surface area contributed by atoms with E-state index >= 15 is 0 Å². The van der Waals surface area contributed by atoms with Crippen molar-refractivity contribution >= 4 is 40.9 Å². The number of carbonyl (C=O) groups is 2. The van der Waals surface area contributed by atoms with Gasteiger partial charge in [0.05, 0.1) is 12.6 Å². The van der Waals surface area contributed by atoms with Gasteiger partial charge in [-0.1, -0.05) is 32.1 Å². The lowest BCUT2D eigenvalue weighted by Gasteiger charge is -2.30. The van der Waals surface area contributed by atoms with Crippen molar-refractivity contribution in [3.63, 3.8) is 0 Å². The van der Waals surface area contributed by atoms with Crippen LogP contribution in [0.3, 0.4) is 0 Å². The van der Waals surface area contributed by atoms with E-state index in [1.54, 1.807) is 12.1 Å². The van der Waals surface area contributed by atoms with Crippen molar-refractivity contribution in [1.82, 2.24) is 5.32 Å². The number of hydrogen-bond donors (Lipinski definition) is 2. The van der Waals surface area contributed by atoms with Crippen molar-refractivity contribution in [2.75, 3.05) is 31.7 Å². The number of halogens is 1. The number of furan rings is 1. The summed E-state index contributed by atoms with van der Waals surface area (Å²) in [7, 11) is 0. The molecular weight excluding hydrogens is 456 g/mol. The number of benzene rings is 1. The van der Waals surface area contributed by atoms with E-state index in [4.69, 9.17) is 13.9 Å². The zero-order valence-corrected chi connectivity index (χ0v) is 20.4. The average Bonchev–Trinajstić information content (AvgIpc) is 3.51. The first-order chi connectivity index (χ1) is 16.2. The van der Waals surface area contributed by atoms with Crippen LogP contribution in [0.5, 0.6) is 0 Å². The summed E-state index contributed by atoms with van der Waals surface area (Å²) in [5.74, 6) is 1.18. The van der Waals surface area contributed by atoms with Crippen LogP contribution in [0.2, 0.25) is 0 Å². The lowest BCUT2D eigenvalue weighted by Crippen LogP contribution is -2.42. The molecule has 1 aromatic carbocycles. The van der Waals surface area contributed by atoms with Gasteiger partial charge in [-0.2, -0.15) is 0 Å². The molecule has 2 N–H and O–H groups in total. The Morgan fingerprint density at radius 1 is 1.03 bits per heavy atom. The highest BCUT2D eigenvalue weighted by Crippen LogP contribution is 2.36. The topological polar surface area (TPSA) is 89.8 Å². The lowest BCUT2D eigenvalue weighted by molar-refractivity contribution is -0.119. The van der Waals surface area contributed by atoms with E-state index in [-0.39, 0.29) is 30.1 Å². The second kappa shape index (κ2) is 11.6. The summed E-state index contributed by atoms with van der Waals surface area (Å²) in [4.78, 5) is 25.5. The molecule has 1 amide bonds. The molecule has 2 aromatic rings. The van der Waals surface area contributed by atoms with E-state index in [9.17, 15) is 9.59 Å². The Morgan fingerprint density at radius 3 is 2.62 bits per heavy atom. The van der Waals surface area contributed by atoms with Crippen LogP contribution in [0.1, 0.15) is 61.9 Å². The standard InChI is InChI=1S/C26H34N2O5.ClH/c29-25(24-21(8-11-27-24)18-4-2-1-3-5-18)28-20-6-7-22-19(14-20)15-23(33-22)26(30)32-16-17-9-12-31-13-10-17;/h6-7,14-15,17-18,21,24,27H,1-5,8-13,16H2,(H,28,29);1H/t21-,24+;/m0./s1. The fourth-order valence-electron chi connectivity index (χ4n) is 5.70. The SMILES string of the molecule is Cl.O=C(OCC1CCOCC1)c1cc2cc(NC(=O)[C@@H]3NCC[C@H]3C3CCCCC3)ccc2o1. The monoisotopic (exact) mass is 490 g/mol. The van der Waals surface area contributed by atoms with Crippen molar-refractivity contribution < 1.29 is 23.5 Å². The van der Waals surface area contributed by atoms with Gasteiger partial charge in [-0.3, -0.25) is 4.79 Å². The Morgan fingerprint density at radius 2 is 1.82 bits per heavy atom. The molecule has 0 radical (unpaired) electrons. The van der Waals surface area contributed by atoms with Gasteiger partial charge >= 0.3 is 5.97 Å². The minimum atomic E-state index is -0.450. The van der Waals surface area contributed by atoms with Crippen molar-refractivity contribution in [2.45, 2.75) is 57.4 Å². The fraction of sp³-hybridized carbons (Fsp3) is 0.615. The van der Waals surface area contributed by atoms with Gasteiger partial charge in [-0.25, -0.2) is 4.79 Å². The maximum Gasteiger partial charge on any atom is 0.374 e. The van der Waals surface area contributed by atoms with Crippen LogP contribution in [0.4, 0.5) is 5.69 Å². The number of carbonyl (C=O) groups excluding carboxylic acids is 2. The molecule has 7 nitrogen and oxygen atoms in total. The summed E-state index contributed by atoms with van der Waals surface area (Å²) in [6, 6.07) is 7.03. The van der Waals surface area contributed by atoms with E-state index in [1.165, 1.54) is 32.1 Å². The summed E-state index contributed by atoms with van der Waals surface area (Å²) < 4.78 is 16.5. The van der Waals surface area contributed by atoms with E-state index in [1.807, 2.05) is 12.1 Å². The van der Waals surface area contributed by atoms with Gasteiger partial charge in [-0.05, 0) is 67.8 Å². The minimum absolute atomic E-state index is 0. The fourth-order valence-corrected chi connectivity index (χ4v) is 5.70. The molecule has 0 spiro atoms. The summed E-state index contributed by atoms with van der Waals surface area (Å²) in [6.07, 6.45) is 9.27. The maximum atomic E-state index is 13.1. The Hall–Kier alpha value is -2.09. The summed E-state index contributed by atoms with van der Waals surface area (Å²) >= 11 is 0. The first-order valence-electron chi connectivity index (χ1n) is 12.5. The zero-order valence-electron chi connectivity index (χ0n) is 19.6. The molecule has 0 unspecified atom stereocenters. The van der Waals surface area contributed by atoms with E-state index in [2.05, 4.69) is 10.6 Å². The van der Waals surface area contributed by atoms with E-state index < -0.39 is 5.97 Å². The third kappa shape index (κ3) is 5.75. The highest BCUT2D eigenvalue weighted by Gasteiger charge is 2.38. The molecule has 8 heteroatoms. The lowest BCUT2D eigenvalue weighted by atomic mass is 9.76. The third-order valence-corrected chi connectivity index (χ3v) is 7.58. The first kappa shape index (κ1) is 25.0. The molecule has 2 saturated heterocycles. The van der Waals surface area contributed by atoms with Gasteiger partial charge in [0, 0.05) is 24.3 Å². The van der Waals surface area contributed by atoms with Crippen molar-refractivity contribution in [3.8, 4) is 0 Å². The van der Waals surface area contributed by atoms with Gasteiger partial charge in [0.15, 0.2) is 0 Å². The number of anilines is 1. The summed E-state index contributed by atoms with van der Waals surface area (Å²) in [5, 5.41) is 7.27. The number of ether oxygens (including phenoxy) is 2. The van der Waals surface area contributed by atoms with E-state index in [0.717, 1.165) is 44.4 Å². The second-order valence-electron chi connectivity index (χ2n) is 9.79.